The van der Waals surface area contributed by atoms with Crippen molar-refractivity contribution in [1.82, 2.24) is 5.32 Å². The first-order valence-corrected chi connectivity index (χ1v) is 5.97. The van der Waals surface area contributed by atoms with Gasteiger partial charge in [-0.05, 0) is 18.4 Å². The van der Waals surface area contributed by atoms with Crippen LogP contribution in [0.3, 0.4) is 0 Å². The van der Waals surface area contributed by atoms with Gasteiger partial charge in [-0.25, -0.2) is 4.79 Å². The summed E-state index contributed by atoms with van der Waals surface area (Å²) in [4.78, 5) is 24.9. The SMILES string of the molecule is C=CC[C@H](OC(N)=O)C(=O)NCCCCCN=[N+]=[N-]. The molecule has 2 amide bonds. The molecule has 8 nitrogen and oxygen atoms in total. The highest BCUT2D eigenvalue weighted by molar-refractivity contribution is 5.83. The molecule has 0 saturated heterocycles. The molecule has 0 aliphatic rings. The van der Waals surface area contributed by atoms with Gasteiger partial charge in [-0.2, -0.15) is 0 Å². The van der Waals surface area contributed by atoms with Crippen molar-refractivity contribution in [2.45, 2.75) is 31.8 Å². The van der Waals surface area contributed by atoms with Gasteiger partial charge < -0.3 is 15.8 Å². The van der Waals surface area contributed by atoms with Crippen LogP contribution < -0.4 is 11.1 Å². The van der Waals surface area contributed by atoms with Gasteiger partial charge in [0.1, 0.15) is 0 Å². The van der Waals surface area contributed by atoms with Gasteiger partial charge in [-0.3, -0.25) is 4.79 Å². The van der Waals surface area contributed by atoms with Gasteiger partial charge in [0.25, 0.3) is 5.91 Å². The number of carbonyl (C=O) groups is 2. The Hall–Kier alpha value is -2.21. The molecule has 0 aromatic rings. The Morgan fingerprint density at radius 2 is 2.21 bits per heavy atom. The molecule has 0 unspecified atom stereocenters. The minimum atomic E-state index is -0.989. The lowest BCUT2D eigenvalue weighted by Crippen LogP contribution is -2.39. The van der Waals surface area contributed by atoms with E-state index in [1.54, 1.807) is 0 Å². The van der Waals surface area contributed by atoms with Crippen molar-refractivity contribution in [2.24, 2.45) is 10.8 Å². The molecule has 0 radical (unpaired) electrons. The van der Waals surface area contributed by atoms with Gasteiger partial charge in [-0.15, -0.1) is 6.58 Å². The number of ether oxygens (including phenoxy) is 1. The lowest BCUT2D eigenvalue weighted by Gasteiger charge is -2.14. The number of azide groups is 1. The van der Waals surface area contributed by atoms with Gasteiger partial charge in [0, 0.05) is 24.4 Å². The summed E-state index contributed by atoms with van der Waals surface area (Å²) in [6, 6.07) is 0. The second kappa shape index (κ2) is 10.9. The summed E-state index contributed by atoms with van der Waals surface area (Å²) in [7, 11) is 0. The summed E-state index contributed by atoms with van der Waals surface area (Å²) in [5.74, 6) is -0.395. The number of nitrogens with zero attached hydrogens (tertiary/aromatic N) is 3. The first kappa shape index (κ1) is 16.8. The van der Waals surface area contributed by atoms with E-state index in [-0.39, 0.29) is 6.42 Å². The summed E-state index contributed by atoms with van der Waals surface area (Å²) < 4.78 is 4.66. The van der Waals surface area contributed by atoms with Crippen LogP contribution in [0.25, 0.3) is 10.4 Å². The Kier molecular flexibility index (Phi) is 9.64. The molecule has 0 aromatic heterocycles. The number of nitrogens with one attached hydrogen (secondary N) is 1. The number of hydrogen-bond acceptors (Lipinski definition) is 4. The molecule has 0 fully saturated rings. The highest BCUT2D eigenvalue weighted by Gasteiger charge is 2.19. The van der Waals surface area contributed by atoms with E-state index in [0.717, 1.165) is 19.3 Å². The lowest BCUT2D eigenvalue weighted by atomic mass is 10.2. The van der Waals surface area contributed by atoms with E-state index in [2.05, 4.69) is 26.7 Å². The fourth-order valence-corrected chi connectivity index (χ4v) is 1.35. The minimum Gasteiger partial charge on any atom is -0.436 e. The molecule has 8 heteroatoms. The molecule has 1 atom stereocenters. The van der Waals surface area contributed by atoms with Crippen molar-refractivity contribution in [2.75, 3.05) is 13.1 Å². The molecule has 19 heavy (non-hydrogen) atoms. The van der Waals surface area contributed by atoms with Gasteiger partial charge in [-0.1, -0.05) is 17.6 Å². The van der Waals surface area contributed by atoms with Gasteiger partial charge in [0.15, 0.2) is 6.10 Å². The second-order valence-electron chi connectivity index (χ2n) is 3.76. The van der Waals surface area contributed by atoms with E-state index in [0.29, 0.717) is 13.1 Å². The molecule has 0 aliphatic heterocycles. The molecule has 0 spiro atoms. The highest BCUT2D eigenvalue weighted by atomic mass is 16.6. The largest absolute Gasteiger partial charge is 0.436 e. The molecule has 0 bridgehead atoms. The topological polar surface area (TPSA) is 130 Å². The number of rotatable bonds is 10. The minimum absolute atomic E-state index is 0.214. The number of nitrogens with two attached hydrogens (primary N) is 1. The first-order valence-electron chi connectivity index (χ1n) is 5.97. The van der Waals surface area contributed by atoms with Crippen LogP contribution in [-0.2, 0) is 9.53 Å². The lowest BCUT2D eigenvalue weighted by molar-refractivity contribution is -0.129. The summed E-state index contributed by atoms with van der Waals surface area (Å²) in [5.41, 5.74) is 12.9. The smallest absolute Gasteiger partial charge is 0.405 e. The van der Waals surface area contributed by atoms with E-state index in [4.69, 9.17) is 11.3 Å². The van der Waals surface area contributed by atoms with E-state index >= 15 is 0 Å². The fraction of sp³-hybridized carbons (Fsp3) is 0.636. The Morgan fingerprint density at radius 1 is 1.47 bits per heavy atom. The normalized spacial score (nSPS) is 10.9. The molecule has 0 rings (SSSR count). The quantitative estimate of drug-likeness (QED) is 0.205. The van der Waals surface area contributed by atoms with Crippen LogP contribution in [0, 0.1) is 0 Å². The Labute approximate surface area is 111 Å². The molecule has 0 aromatic carbocycles. The second-order valence-corrected chi connectivity index (χ2v) is 3.76. The van der Waals surface area contributed by atoms with Crippen molar-refractivity contribution >= 4 is 12.0 Å². The van der Waals surface area contributed by atoms with Gasteiger partial charge >= 0.3 is 6.09 Å². The zero-order chi connectivity index (χ0) is 14.5. The van der Waals surface area contributed by atoms with Crippen LogP contribution in [0.1, 0.15) is 25.7 Å². The van der Waals surface area contributed by atoms with E-state index in [1.807, 2.05) is 0 Å². The number of primary amides is 1. The third kappa shape index (κ3) is 9.49. The van der Waals surface area contributed by atoms with Crippen LogP contribution in [0.4, 0.5) is 4.79 Å². The Balaban J connectivity index is 3.82. The Bertz CT molecular complexity index is 352. The first-order chi connectivity index (χ1) is 9.11. The van der Waals surface area contributed by atoms with Crippen molar-refractivity contribution in [3.8, 4) is 0 Å². The van der Waals surface area contributed by atoms with E-state index < -0.39 is 18.1 Å². The number of amides is 2. The monoisotopic (exact) mass is 269 g/mol. The van der Waals surface area contributed by atoms with Gasteiger partial charge in [0.05, 0.1) is 0 Å². The van der Waals surface area contributed by atoms with Crippen LogP contribution in [0.2, 0.25) is 0 Å². The van der Waals surface area contributed by atoms with Crippen molar-refractivity contribution < 1.29 is 14.3 Å². The molecule has 0 heterocycles. The average molecular weight is 269 g/mol. The maximum Gasteiger partial charge on any atom is 0.405 e. The van der Waals surface area contributed by atoms with Crippen LogP contribution in [-0.4, -0.2) is 31.2 Å². The summed E-state index contributed by atoms with van der Waals surface area (Å²) in [5, 5.41) is 6.04. The van der Waals surface area contributed by atoms with Crippen LogP contribution in [0.15, 0.2) is 17.8 Å². The third-order valence-electron chi connectivity index (χ3n) is 2.23. The average Bonchev–Trinajstić information content (AvgIpc) is 2.36. The Morgan fingerprint density at radius 3 is 2.79 bits per heavy atom. The highest BCUT2D eigenvalue weighted by Crippen LogP contribution is 2.01. The number of carbonyl (C=O) groups excluding carboxylic acids is 2. The van der Waals surface area contributed by atoms with E-state index in [1.165, 1.54) is 6.08 Å². The van der Waals surface area contributed by atoms with Crippen molar-refractivity contribution in [1.29, 1.82) is 0 Å². The molecule has 0 saturated carbocycles. The molecule has 106 valence electrons. The number of hydrogen-bond donors (Lipinski definition) is 2. The van der Waals surface area contributed by atoms with Crippen molar-refractivity contribution in [3.05, 3.63) is 23.1 Å². The maximum absolute atomic E-state index is 11.6. The molecular weight excluding hydrogens is 250 g/mol. The van der Waals surface area contributed by atoms with Crippen molar-refractivity contribution in [3.63, 3.8) is 0 Å². The molecule has 3 N–H and O–H groups in total. The summed E-state index contributed by atoms with van der Waals surface area (Å²) >= 11 is 0. The standard InChI is InChI=1S/C11H19N5O3/c1-2-6-9(19-11(12)18)10(17)14-7-4-3-5-8-15-16-13/h2,9H,1,3-8H2,(H2,12,18)(H,14,17)/t9-/m0/s1. The van der Waals surface area contributed by atoms with Gasteiger partial charge in [0.2, 0.25) is 0 Å². The maximum atomic E-state index is 11.6. The predicted molar refractivity (Wildman–Crippen MR) is 70.1 cm³/mol. The fourth-order valence-electron chi connectivity index (χ4n) is 1.35. The summed E-state index contributed by atoms with van der Waals surface area (Å²) in [6.07, 6.45) is 2.13. The van der Waals surface area contributed by atoms with Crippen LogP contribution in [0.5, 0.6) is 0 Å². The van der Waals surface area contributed by atoms with Crippen LogP contribution >= 0.6 is 0 Å². The molecular formula is C11H19N5O3. The summed E-state index contributed by atoms with van der Waals surface area (Å²) in [6.45, 7) is 4.39. The van der Waals surface area contributed by atoms with E-state index in [9.17, 15) is 9.59 Å². The zero-order valence-corrected chi connectivity index (χ0v) is 10.7. The predicted octanol–water partition coefficient (Wildman–Crippen LogP) is 1.62. The molecule has 0 aliphatic carbocycles. The zero-order valence-electron chi connectivity index (χ0n) is 10.7. The third-order valence-corrected chi connectivity index (χ3v) is 2.23. The number of unbranched alkanes of at least 4 members (excludes halogenated alkanes) is 2.